The van der Waals surface area contributed by atoms with Gasteiger partial charge in [0.25, 0.3) is 0 Å². The number of thioether (sulfide) groups is 1. The minimum absolute atomic E-state index is 0.0719. The van der Waals surface area contributed by atoms with Gasteiger partial charge in [0.05, 0.1) is 0 Å². The van der Waals surface area contributed by atoms with E-state index in [-0.39, 0.29) is 6.04 Å². The van der Waals surface area contributed by atoms with Crippen LogP contribution in [0.1, 0.15) is 26.7 Å². The van der Waals surface area contributed by atoms with E-state index in [1.54, 1.807) is 11.8 Å². The predicted octanol–water partition coefficient (Wildman–Crippen LogP) is 1.20. The monoisotopic (exact) mass is 231 g/mol. The van der Waals surface area contributed by atoms with Gasteiger partial charge in [-0.05, 0) is 32.4 Å². The molecule has 0 spiro atoms. The number of amides is 1. The summed E-state index contributed by atoms with van der Waals surface area (Å²) in [5, 5.41) is 9.33. The minimum Gasteiger partial charge on any atom is -0.479 e. The Morgan fingerprint density at radius 2 is 2.27 bits per heavy atom. The molecule has 1 unspecified atom stereocenters. The van der Waals surface area contributed by atoms with Crippen molar-refractivity contribution < 1.29 is 14.7 Å². The third-order valence-corrected chi connectivity index (χ3v) is 4.04. The lowest BCUT2D eigenvalue weighted by molar-refractivity contribution is -0.156. The van der Waals surface area contributed by atoms with Crippen LogP contribution in [-0.2, 0) is 9.59 Å². The number of nitrogens with zero attached hydrogens (tertiary/aromatic N) is 1. The highest BCUT2D eigenvalue weighted by atomic mass is 32.2. The largest absolute Gasteiger partial charge is 0.479 e. The molecule has 5 heteroatoms. The summed E-state index contributed by atoms with van der Waals surface area (Å²) in [6, 6.07) is -0.0719. The molecule has 1 rings (SSSR count). The third-order valence-electron chi connectivity index (χ3n) is 2.78. The highest BCUT2D eigenvalue weighted by Crippen LogP contribution is 2.32. The normalized spacial score (nSPS) is 26.3. The van der Waals surface area contributed by atoms with Crippen molar-refractivity contribution in [2.45, 2.75) is 38.3 Å². The molecular formula is C10H17NO3S. The van der Waals surface area contributed by atoms with Crippen molar-refractivity contribution in [1.29, 1.82) is 0 Å². The van der Waals surface area contributed by atoms with Crippen molar-refractivity contribution in [3.63, 3.8) is 0 Å². The molecule has 86 valence electrons. The fourth-order valence-electron chi connectivity index (χ4n) is 1.98. The van der Waals surface area contributed by atoms with Gasteiger partial charge >= 0.3 is 5.97 Å². The predicted molar refractivity (Wildman–Crippen MR) is 60.0 cm³/mol. The van der Waals surface area contributed by atoms with Crippen molar-refractivity contribution in [3.8, 4) is 0 Å². The first kappa shape index (κ1) is 12.4. The van der Waals surface area contributed by atoms with Gasteiger partial charge in [0.15, 0.2) is 0 Å². The molecule has 4 nitrogen and oxygen atoms in total. The van der Waals surface area contributed by atoms with E-state index in [1.807, 2.05) is 13.8 Å². The number of hydrogen-bond donors (Lipinski definition) is 1. The second-order valence-electron chi connectivity index (χ2n) is 4.10. The van der Waals surface area contributed by atoms with Crippen LogP contribution in [-0.4, -0.2) is 45.5 Å². The molecule has 0 aliphatic carbocycles. The quantitative estimate of drug-likeness (QED) is 0.739. The lowest BCUT2D eigenvalue weighted by Gasteiger charge is -2.42. The van der Waals surface area contributed by atoms with Gasteiger partial charge in [-0.1, -0.05) is 0 Å². The number of rotatable bonds is 4. The highest BCUT2D eigenvalue weighted by molar-refractivity contribution is 7.99. The highest BCUT2D eigenvalue weighted by Gasteiger charge is 2.46. The standard InChI is InChI=1S/C10H17NO3S/c1-8(2)11(7-12)10(9(13)14)4-3-5-15-6-10/h7-8H,3-6H2,1-2H3,(H,13,14). The molecule has 1 N–H and O–H groups in total. The maximum absolute atomic E-state index is 11.4. The van der Waals surface area contributed by atoms with Gasteiger partial charge in [-0.2, -0.15) is 11.8 Å². The smallest absolute Gasteiger partial charge is 0.330 e. The van der Waals surface area contributed by atoms with Crippen LogP contribution in [0.15, 0.2) is 0 Å². The van der Waals surface area contributed by atoms with Gasteiger partial charge in [0.1, 0.15) is 5.54 Å². The van der Waals surface area contributed by atoms with E-state index < -0.39 is 11.5 Å². The number of hydrogen-bond acceptors (Lipinski definition) is 3. The maximum Gasteiger partial charge on any atom is 0.330 e. The van der Waals surface area contributed by atoms with Crippen molar-refractivity contribution in [1.82, 2.24) is 4.90 Å². The fraction of sp³-hybridized carbons (Fsp3) is 0.800. The lowest BCUT2D eigenvalue weighted by Crippen LogP contribution is -2.59. The minimum atomic E-state index is -0.987. The zero-order valence-electron chi connectivity index (χ0n) is 9.10. The van der Waals surface area contributed by atoms with Crippen molar-refractivity contribution >= 4 is 24.1 Å². The van der Waals surface area contributed by atoms with Gasteiger partial charge in [-0.3, -0.25) is 4.79 Å². The summed E-state index contributed by atoms with van der Waals surface area (Å²) in [5.41, 5.74) is -0.987. The average Bonchev–Trinajstić information content (AvgIpc) is 2.19. The van der Waals surface area contributed by atoms with Gasteiger partial charge < -0.3 is 10.0 Å². The van der Waals surface area contributed by atoms with E-state index in [0.29, 0.717) is 18.6 Å². The van der Waals surface area contributed by atoms with E-state index >= 15 is 0 Å². The molecule has 1 heterocycles. The molecule has 15 heavy (non-hydrogen) atoms. The topological polar surface area (TPSA) is 57.6 Å². The van der Waals surface area contributed by atoms with Crippen LogP contribution in [0.4, 0.5) is 0 Å². The summed E-state index contributed by atoms with van der Waals surface area (Å²) in [6.45, 7) is 3.69. The second kappa shape index (κ2) is 4.88. The zero-order chi connectivity index (χ0) is 11.5. The van der Waals surface area contributed by atoms with Crippen molar-refractivity contribution in [2.75, 3.05) is 11.5 Å². The Hall–Kier alpha value is -0.710. The Morgan fingerprint density at radius 3 is 2.60 bits per heavy atom. The van der Waals surface area contributed by atoms with E-state index in [0.717, 1.165) is 12.2 Å². The van der Waals surface area contributed by atoms with Crippen LogP contribution >= 0.6 is 11.8 Å². The summed E-state index contributed by atoms with van der Waals surface area (Å²) in [7, 11) is 0. The van der Waals surface area contributed by atoms with Crippen molar-refractivity contribution in [3.05, 3.63) is 0 Å². The Labute approximate surface area is 94.0 Å². The molecule has 0 radical (unpaired) electrons. The molecule has 1 saturated heterocycles. The third kappa shape index (κ3) is 2.27. The van der Waals surface area contributed by atoms with E-state index in [9.17, 15) is 14.7 Å². The van der Waals surface area contributed by atoms with Gasteiger partial charge in [-0.15, -0.1) is 0 Å². The first-order chi connectivity index (χ1) is 7.04. The molecule has 1 aliphatic rings. The average molecular weight is 231 g/mol. The summed E-state index contributed by atoms with van der Waals surface area (Å²) < 4.78 is 0. The lowest BCUT2D eigenvalue weighted by atomic mass is 9.92. The maximum atomic E-state index is 11.4. The van der Waals surface area contributed by atoms with Crippen molar-refractivity contribution in [2.24, 2.45) is 0 Å². The van der Waals surface area contributed by atoms with Gasteiger partial charge in [0.2, 0.25) is 6.41 Å². The Balaban J connectivity index is 2.97. The molecule has 0 aromatic rings. The Kier molecular flexibility index (Phi) is 4.02. The summed E-state index contributed by atoms with van der Waals surface area (Å²) in [6.07, 6.45) is 2.09. The van der Waals surface area contributed by atoms with Crippen LogP contribution in [0, 0.1) is 0 Å². The molecule has 1 aliphatic heterocycles. The Morgan fingerprint density at radius 1 is 1.60 bits per heavy atom. The fourth-order valence-corrected chi connectivity index (χ4v) is 3.23. The molecule has 0 saturated carbocycles. The van der Waals surface area contributed by atoms with Crippen LogP contribution in [0.5, 0.6) is 0 Å². The van der Waals surface area contributed by atoms with E-state index in [1.165, 1.54) is 4.90 Å². The van der Waals surface area contributed by atoms with E-state index in [4.69, 9.17) is 0 Å². The number of carboxylic acids is 1. The van der Waals surface area contributed by atoms with Crippen LogP contribution in [0.3, 0.4) is 0 Å². The van der Waals surface area contributed by atoms with Crippen LogP contribution in [0.25, 0.3) is 0 Å². The molecular weight excluding hydrogens is 214 g/mol. The molecule has 0 bridgehead atoms. The number of carbonyl (C=O) groups is 2. The summed E-state index contributed by atoms with van der Waals surface area (Å²) >= 11 is 1.61. The zero-order valence-corrected chi connectivity index (χ0v) is 9.92. The SMILES string of the molecule is CC(C)N(C=O)C1(C(=O)O)CCCSC1. The Bertz CT molecular complexity index is 249. The molecule has 1 fully saturated rings. The summed E-state index contributed by atoms with van der Waals surface area (Å²) in [5.74, 6) is 0.606. The number of carboxylic acid groups (broad SMARTS) is 1. The van der Waals surface area contributed by atoms with Crippen LogP contribution < -0.4 is 0 Å². The first-order valence-corrected chi connectivity index (χ1v) is 6.25. The molecule has 1 amide bonds. The summed E-state index contributed by atoms with van der Waals surface area (Å²) in [4.78, 5) is 23.8. The molecule has 0 aromatic heterocycles. The molecule has 1 atom stereocenters. The molecule has 0 aromatic carbocycles. The van der Waals surface area contributed by atoms with Gasteiger partial charge in [0, 0.05) is 11.8 Å². The number of carbonyl (C=O) groups excluding carboxylic acids is 1. The van der Waals surface area contributed by atoms with Gasteiger partial charge in [-0.25, -0.2) is 4.79 Å². The number of aliphatic carboxylic acids is 1. The first-order valence-electron chi connectivity index (χ1n) is 5.09. The van der Waals surface area contributed by atoms with Crippen LogP contribution in [0.2, 0.25) is 0 Å². The second-order valence-corrected chi connectivity index (χ2v) is 5.20. The van der Waals surface area contributed by atoms with E-state index in [2.05, 4.69) is 0 Å².